The van der Waals surface area contributed by atoms with E-state index < -0.39 is 10.0 Å². The predicted octanol–water partition coefficient (Wildman–Crippen LogP) is 1.58. The molecule has 1 atom stereocenters. The molecule has 136 valence electrons. The molecule has 0 aliphatic carbocycles. The highest BCUT2D eigenvalue weighted by atomic mass is 32.2. The normalized spacial score (nSPS) is 19.2. The van der Waals surface area contributed by atoms with E-state index in [0.29, 0.717) is 25.2 Å². The molecule has 0 aromatic carbocycles. The minimum absolute atomic E-state index is 0.0345. The van der Waals surface area contributed by atoms with Gasteiger partial charge in [-0.25, -0.2) is 13.4 Å². The van der Waals surface area contributed by atoms with Gasteiger partial charge in [0, 0.05) is 31.5 Å². The Hall–Kier alpha value is -1.93. The van der Waals surface area contributed by atoms with Gasteiger partial charge in [0.1, 0.15) is 11.3 Å². The number of aromatic nitrogens is 2. The lowest BCUT2D eigenvalue weighted by Gasteiger charge is -2.33. The van der Waals surface area contributed by atoms with Gasteiger partial charge in [-0.2, -0.15) is 4.31 Å². The van der Waals surface area contributed by atoms with Gasteiger partial charge in [-0.15, -0.1) is 0 Å². The molecule has 2 aromatic rings. The van der Waals surface area contributed by atoms with Crippen LogP contribution in [0.15, 0.2) is 24.5 Å². The number of nitrogens with one attached hydrogen (secondary N) is 1. The Labute approximate surface area is 148 Å². The number of fused-ring (bicyclic) bond motifs is 1. The van der Waals surface area contributed by atoms with E-state index in [9.17, 15) is 13.2 Å². The first-order chi connectivity index (χ1) is 11.8. The Bertz CT molecular complexity index is 875. The summed E-state index contributed by atoms with van der Waals surface area (Å²) in [6.07, 6.45) is 8.27. The Morgan fingerprint density at radius 2 is 2.12 bits per heavy atom. The molecular weight excluding hydrogens is 340 g/mol. The van der Waals surface area contributed by atoms with Crippen molar-refractivity contribution < 1.29 is 13.2 Å². The third kappa shape index (κ3) is 4.19. The number of hydrogen-bond acceptors (Lipinski definition) is 4. The van der Waals surface area contributed by atoms with Crippen LogP contribution in [0.5, 0.6) is 0 Å². The molecule has 2 aromatic heterocycles. The number of carbonyl (C=O) groups is 1. The van der Waals surface area contributed by atoms with E-state index in [1.165, 1.54) is 6.26 Å². The maximum atomic E-state index is 12.3. The molecular formula is C17H24N4O3S. The van der Waals surface area contributed by atoms with E-state index in [1.54, 1.807) is 10.5 Å². The van der Waals surface area contributed by atoms with Crippen LogP contribution in [0.25, 0.3) is 5.65 Å². The van der Waals surface area contributed by atoms with Crippen molar-refractivity contribution >= 4 is 21.6 Å². The minimum atomic E-state index is -3.19. The van der Waals surface area contributed by atoms with E-state index in [-0.39, 0.29) is 11.9 Å². The second kappa shape index (κ2) is 7.13. The topological polar surface area (TPSA) is 83.8 Å². The third-order valence-electron chi connectivity index (χ3n) is 4.59. The van der Waals surface area contributed by atoms with Crippen LogP contribution in [0.1, 0.15) is 41.7 Å². The number of pyridine rings is 1. The molecule has 0 spiro atoms. The van der Waals surface area contributed by atoms with Crippen LogP contribution >= 0.6 is 0 Å². The van der Waals surface area contributed by atoms with Crippen LogP contribution in [0.4, 0.5) is 0 Å². The summed E-state index contributed by atoms with van der Waals surface area (Å²) in [6, 6.07) is 3.79. The molecule has 0 unspecified atom stereocenters. The molecule has 3 heterocycles. The van der Waals surface area contributed by atoms with Crippen molar-refractivity contribution in [1.82, 2.24) is 19.0 Å². The van der Waals surface area contributed by atoms with Crippen molar-refractivity contribution in [3.05, 3.63) is 35.8 Å². The molecule has 0 saturated carbocycles. The average Bonchev–Trinajstić information content (AvgIpc) is 2.97. The SMILES string of the molecule is Cc1ccc2nc(C(=O)NCC[C@@H]3CCCCN3S(C)(=O)=O)cn2c1. The van der Waals surface area contributed by atoms with Gasteiger partial charge < -0.3 is 9.72 Å². The molecule has 0 bridgehead atoms. The number of aryl methyl sites for hydroxylation is 1. The number of rotatable bonds is 5. The first kappa shape index (κ1) is 17.9. The van der Waals surface area contributed by atoms with Crippen molar-refractivity contribution in [3.63, 3.8) is 0 Å². The van der Waals surface area contributed by atoms with Crippen LogP contribution in [0.2, 0.25) is 0 Å². The number of amides is 1. The van der Waals surface area contributed by atoms with Gasteiger partial charge in [0.05, 0.1) is 6.26 Å². The largest absolute Gasteiger partial charge is 0.351 e. The monoisotopic (exact) mass is 364 g/mol. The Morgan fingerprint density at radius 1 is 1.32 bits per heavy atom. The molecule has 7 nitrogen and oxygen atoms in total. The molecule has 3 rings (SSSR count). The predicted molar refractivity (Wildman–Crippen MR) is 96.1 cm³/mol. The van der Waals surface area contributed by atoms with Crippen molar-refractivity contribution in [2.75, 3.05) is 19.3 Å². The van der Waals surface area contributed by atoms with E-state index in [2.05, 4.69) is 10.3 Å². The number of imidazole rings is 1. The molecule has 25 heavy (non-hydrogen) atoms. The van der Waals surface area contributed by atoms with E-state index in [0.717, 1.165) is 30.5 Å². The summed E-state index contributed by atoms with van der Waals surface area (Å²) < 4.78 is 27.1. The zero-order valence-electron chi connectivity index (χ0n) is 14.6. The number of nitrogens with zero attached hydrogens (tertiary/aromatic N) is 3. The fourth-order valence-corrected chi connectivity index (χ4v) is 4.57. The van der Waals surface area contributed by atoms with Crippen LogP contribution in [-0.2, 0) is 10.0 Å². The van der Waals surface area contributed by atoms with Crippen LogP contribution in [-0.4, -0.2) is 53.4 Å². The van der Waals surface area contributed by atoms with Crippen LogP contribution in [0, 0.1) is 6.92 Å². The minimum Gasteiger partial charge on any atom is -0.351 e. The standard InChI is InChI=1S/C17H24N4O3S/c1-13-6-7-16-19-15(12-20(16)11-13)17(22)18-9-8-14-5-3-4-10-21(14)25(2,23)24/h6-7,11-12,14H,3-5,8-10H2,1-2H3,(H,18,22)/t14-/m0/s1. The Kier molecular flexibility index (Phi) is 5.10. The smallest absolute Gasteiger partial charge is 0.271 e. The highest BCUT2D eigenvalue weighted by molar-refractivity contribution is 7.88. The summed E-state index contributed by atoms with van der Waals surface area (Å²) in [5, 5.41) is 2.86. The van der Waals surface area contributed by atoms with Crippen molar-refractivity contribution in [2.24, 2.45) is 0 Å². The summed E-state index contributed by atoms with van der Waals surface area (Å²) in [7, 11) is -3.19. The summed E-state index contributed by atoms with van der Waals surface area (Å²) in [5.74, 6) is -0.233. The number of piperidine rings is 1. The third-order valence-corrected chi connectivity index (χ3v) is 5.93. The van der Waals surface area contributed by atoms with E-state index in [1.807, 2.05) is 29.7 Å². The molecule has 1 amide bonds. The summed E-state index contributed by atoms with van der Waals surface area (Å²) >= 11 is 0. The zero-order chi connectivity index (χ0) is 18.0. The summed E-state index contributed by atoms with van der Waals surface area (Å²) in [5.41, 5.74) is 2.19. The molecule has 1 N–H and O–H groups in total. The zero-order valence-corrected chi connectivity index (χ0v) is 15.4. The second-order valence-electron chi connectivity index (χ2n) is 6.67. The van der Waals surface area contributed by atoms with Crippen molar-refractivity contribution in [3.8, 4) is 0 Å². The molecule has 1 fully saturated rings. The number of carbonyl (C=O) groups excluding carboxylic acids is 1. The average molecular weight is 364 g/mol. The van der Waals surface area contributed by atoms with Crippen molar-refractivity contribution in [1.29, 1.82) is 0 Å². The first-order valence-electron chi connectivity index (χ1n) is 8.55. The molecule has 0 radical (unpaired) electrons. The van der Waals surface area contributed by atoms with Gasteiger partial charge in [-0.3, -0.25) is 4.79 Å². The van der Waals surface area contributed by atoms with Crippen LogP contribution < -0.4 is 5.32 Å². The van der Waals surface area contributed by atoms with Gasteiger partial charge in [-0.05, 0) is 37.8 Å². The fraction of sp³-hybridized carbons (Fsp3) is 0.529. The van der Waals surface area contributed by atoms with Gasteiger partial charge in [-0.1, -0.05) is 12.5 Å². The van der Waals surface area contributed by atoms with Crippen LogP contribution in [0.3, 0.4) is 0 Å². The molecule has 1 aliphatic heterocycles. The lowest BCUT2D eigenvalue weighted by Crippen LogP contribution is -2.44. The summed E-state index contributed by atoms with van der Waals surface area (Å²) in [4.78, 5) is 16.6. The Morgan fingerprint density at radius 3 is 2.88 bits per heavy atom. The molecule has 1 aliphatic rings. The lowest BCUT2D eigenvalue weighted by atomic mass is 10.0. The fourth-order valence-electron chi connectivity index (χ4n) is 3.35. The molecule has 8 heteroatoms. The van der Waals surface area contributed by atoms with Crippen molar-refractivity contribution in [2.45, 2.75) is 38.6 Å². The van der Waals surface area contributed by atoms with Gasteiger partial charge in [0.2, 0.25) is 10.0 Å². The van der Waals surface area contributed by atoms with Gasteiger partial charge in [0.15, 0.2) is 0 Å². The Balaban J connectivity index is 1.59. The van der Waals surface area contributed by atoms with Gasteiger partial charge in [0.25, 0.3) is 5.91 Å². The van der Waals surface area contributed by atoms with E-state index in [4.69, 9.17) is 0 Å². The quantitative estimate of drug-likeness (QED) is 0.873. The first-order valence-corrected chi connectivity index (χ1v) is 10.4. The lowest BCUT2D eigenvalue weighted by molar-refractivity contribution is 0.0945. The second-order valence-corrected chi connectivity index (χ2v) is 8.60. The van der Waals surface area contributed by atoms with E-state index >= 15 is 0 Å². The maximum absolute atomic E-state index is 12.3. The highest BCUT2D eigenvalue weighted by Gasteiger charge is 2.28. The molecule has 1 saturated heterocycles. The van der Waals surface area contributed by atoms with Gasteiger partial charge >= 0.3 is 0 Å². The summed E-state index contributed by atoms with van der Waals surface area (Å²) in [6.45, 7) is 2.99. The maximum Gasteiger partial charge on any atom is 0.271 e. The number of sulfonamides is 1. The highest BCUT2D eigenvalue weighted by Crippen LogP contribution is 2.21. The number of hydrogen-bond donors (Lipinski definition) is 1.